The molecule has 188 valence electrons. The molecule has 1 fully saturated rings. The molecule has 0 unspecified atom stereocenters. The SMILES string of the molecule is O=C(O)N1CCCCC1(C(=O)Nc1ccccc1C(F)(F)F)C(=O)Nc1ccccc1C(F)(F)F. The van der Waals surface area contributed by atoms with Gasteiger partial charge >= 0.3 is 18.4 Å². The Bertz CT molecular complexity index is 1060. The van der Waals surface area contributed by atoms with Crippen LogP contribution in [0.3, 0.4) is 0 Å². The van der Waals surface area contributed by atoms with Gasteiger partial charge in [0.15, 0.2) is 0 Å². The van der Waals surface area contributed by atoms with E-state index in [9.17, 15) is 45.8 Å². The summed E-state index contributed by atoms with van der Waals surface area (Å²) in [4.78, 5) is 39.0. The Hall–Kier alpha value is -3.77. The predicted molar refractivity (Wildman–Crippen MR) is 111 cm³/mol. The fourth-order valence-electron chi connectivity index (χ4n) is 3.94. The van der Waals surface area contributed by atoms with Gasteiger partial charge in [0.2, 0.25) is 5.54 Å². The van der Waals surface area contributed by atoms with Crippen molar-refractivity contribution in [2.24, 2.45) is 0 Å². The summed E-state index contributed by atoms with van der Waals surface area (Å²) in [7, 11) is 0. The monoisotopic (exact) mass is 503 g/mol. The number of anilines is 2. The molecule has 2 aromatic rings. The van der Waals surface area contributed by atoms with Gasteiger partial charge in [0.25, 0.3) is 11.8 Å². The summed E-state index contributed by atoms with van der Waals surface area (Å²) in [6.07, 6.45) is -11.6. The van der Waals surface area contributed by atoms with Crippen molar-refractivity contribution in [3.8, 4) is 0 Å². The number of para-hydroxylation sites is 2. The Balaban J connectivity index is 2.07. The van der Waals surface area contributed by atoms with Crippen molar-refractivity contribution in [3.63, 3.8) is 0 Å². The van der Waals surface area contributed by atoms with E-state index in [1.807, 2.05) is 10.6 Å². The molecular weight excluding hydrogens is 484 g/mol. The second-order valence-corrected chi connectivity index (χ2v) is 7.75. The van der Waals surface area contributed by atoms with Crippen LogP contribution in [-0.2, 0) is 21.9 Å². The molecule has 0 spiro atoms. The van der Waals surface area contributed by atoms with Crippen molar-refractivity contribution >= 4 is 29.3 Å². The third-order valence-corrected chi connectivity index (χ3v) is 5.57. The summed E-state index contributed by atoms with van der Waals surface area (Å²) in [5.74, 6) is -2.84. The van der Waals surface area contributed by atoms with Gasteiger partial charge in [-0.25, -0.2) is 4.79 Å². The van der Waals surface area contributed by atoms with Crippen LogP contribution in [0.5, 0.6) is 0 Å². The quantitative estimate of drug-likeness (QED) is 0.394. The van der Waals surface area contributed by atoms with Crippen LogP contribution >= 0.6 is 0 Å². The van der Waals surface area contributed by atoms with Crippen molar-refractivity contribution in [2.75, 3.05) is 17.2 Å². The van der Waals surface area contributed by atoms with Crippen LogP contribution in [0.4, 0.5) is 42.5 Å². The van der Waals surface area contributed by atoms with Crippen LogP contribution in [0.1, 0.15) is 30.4 Å². The van der Waals surface area contributed by atoms with E-state index in [1.54, 1.807) is 0 Å². The number of halogens is 6. The standard InChI is InChI=1S/C22H19F6N3O4/c23-21(24,25)13-7-1-3-9-15(13)29-17(32)20(11-5-6-12-31(20)19(34)35)18(33)30-16-10-4-2-8-14(16)22(26,27)28/h1-4,7-10H,5-6,11-12H2,(H,29,32)(H,30,33)(H,34,35). The van der Waals surface area contributed by atoms with E-state index >= 15 is 0 Å². The number of carbonyl (C=O) groups is 3. The van der Waals surface area contributed by atoms with E-state index in [0.717, 1.165) is 24.3 Å². The van der Waals surface area contributed by atoms with E-state index in [1.165, 1.54) is 12.1 Å². The highest BCUT2D eigenvalue weighted by atomic mass is 19.4. The van der Waals surface area contributed by atoms with Crippen LogP contribution in [0.25, 0.3) is 0 Å². The predicted octanol–water partition coefficient (Wildman–Crippen LogP) is 5.20. The lowest BCUT2D eigenvalue weighted by atomic mass is 9.84. The number of carboxylic acid groups (broad SMARTS) is 1. The number of rotatable bonds is 4. The highest BCUT2D eigenvalue weighted by molar-refractivity contribution is 6.20. The van der Waals surface area contributed by atoms with Gasteiger partial charge in [0.05, 0.1) is 22.5 Å². The van der Waals surface area contributed by atoms with Gasteiger partial charge in [-0.3, -0.25) is 14.5 Å². The smallest absolute Gasteiger partial charge is 0.418 e. The van der Waals surface area contributed by atoms with Crippen molar-refractivity contribution in [1.29, 1.82) is 0 Å². The molecule has 1 heterocycles. The Morgan fingerprint density at radius 2 is 1.20 bits per heavy atom. The molecule has 1 saturated heterocycles. The lowest BCUT2D eigenvalue weighted by molar-refractivity contribution is -0.141. The van der Waals surface area contributed by atoms with Gasteiger partial charge in [-0.1, -0.05) is 24.3 Å². The lowest BCUT2D eigenvalue weighted by Gasteiger charge is -2.42. The summed E-state index contributed by atoms with van der Waals surface area (Å²) >= 11 is 0. The molecule has 3 amide bonds. The molecule has 35 heavy (non-hydrogen) atoms. The maximum Gasteiger partial charge on any atom is 0.418 e. The Labute approximate surface area is 194 Å². The maximum atomic E-state index is 13.4. The second kappa shape index (κ2) is 9.47. The molecule has 3 N–H and O–H groups in total. The molecule has 2 aromatic carbocycles. The number of benzene rings is 2. The summed E-state index contributed by atoms with van der Waals surface area (Å²) in [5.41, 5.74) is -6.58. The van der Waals surface area contributed by atoms with Gasteiger partial charge in [-0.15, -0.1) is 0 Å². The summed E-state index contributed by atoms with van der Waals surface area (Å²) in [5, 5.41) is 13.6. The number of carbonyl (C=O) groups excluding carboxylic acids is 2. The Morgan fingerprint density at radius 3 is 1.60 bits per heavy atom. The number of piperidine rings is 1. The zero-order valence-electron chi connectivity index (χ0n) is 17.8. The van der Waals surface area contributed by atoms with Crippen molar-refractivity contribution in [1.82, 2.24) is 4.90 Å². The number of hydrogen-bond donors (Lipinski definition) is 3. The summed E-state index contributed by atoms with van der Waals surface area (Å²) in [6.45, 7) is -0.335. The van der Waals surface area contributed by atoms with Crippen LogP contribution in [0, 0.1) is 0 Å². The van der Waals surface area contributed by atoms with Gasteiger partial charge in [-0.05, 0) is 43.5 Å². The molecular formula is C22H19F6N3O4. The first-order chi connectivity index (χ1) is 16.3. The lowest BCUT2D eigenvalue weighted by Crippen LogP contribution is -2.67. The summed E-state index contributed by atoms with van der Waals surface area (Å²) in [6, 6.07) is 7.70. The first-order valence-corrected chi connectivity index (χ1v) is 10.2. The van der Waals surface area contributed by atoms with Gasteiger partial charge < -0.3 is 15.7 Å². The second-order valence-electron chi connectivity index (χ2n) is 7.75. The van der Waals surface area contributed by atoms with Crippen molar-refractivity contribution in [2.45, 2.75) is 37.2 Å². The Kier molecular flexibility index (Phi) is 6.99. The third-order valence-electron chi connectivity index (χ3n) is 5.57. The highest BCUT2D eigenvalue weighted by Gasteiger charge is 2.55. The molecule has 7 nitrogen and oxygen atoms in total. The average molecular weight is 503 g/mol. The molecule has 0 atom stereocenters. The molecule has 0 saturated carbocycles. The minimum absolute atomic E-state index is 0.118. The van der Waals surface area contributed by atoms with Crippen LogP contribution in [0.15, 0.2) is 48.5 Å². The van der Waals surface area contributed by atoms with E-state index in [4.69, 9.17) is 0 Å². The maximum absolute atomic E-state index is 13.4. The number of hydrogen-bond acceptors (Lipinski definition) is 3. The van der Waals surface area contributed by atoms with Gasteiger partial charge in [0, 0.05) is 6.54 Å². The largest absolute Gasteiger partial charge is 0.465 e. The Morgan fingerprint density at radius 1 is 0.771 bits per heavy atom. The topological polar surface area (TPSA) is 98.7 Å². The number of likely N-dealkylation sites (tertiary alicyclic amines) is 1. The molecule has 0 bridgehead atoms. The van der Waals surface area contributed by atoms with Crippen molar-refractivity contribution in [3.05, 3.63) is 59.7 Å². The molecule has 1 aliphatic heterocycles. The fourth-order valence-corrected chi connectivity index (χ4v) is 3.94. The molecule has 0 aliphatic carbocycles. The van der Waals surface area contributed by atoms with Crippen LogP contribution in [-0.4, -0.2) is 40.0 Å². The minimum atomic E-state index is -4.88. The van der Waals surface area contributed by atoms with Crippen LogP contribution < -0.4 is 10.6 Å². The fraction of sp³-hybridized carbons (Fsp3) is 0.318. The van der Waals surface area contributed by atoms with Gasteiger partial charge in [0.1, 0.15) is 0 Å². The number of amides is 3. The van der Waals surface area contributed by atoms with E-state index in [-0.39, 0.29) is 19.4 Å². The van der Waals surface area contributed by atoms with Gasteiger partial charge in [-0.2, -0.15) is 26.3 Å². The zero-order chi connectivity index (χ0) is 26.0. The van der Waals surface area contributed by atoms with E-state index < -0.39 is 64.7 Å². The molecule has 0 aromatic heterocycles. The molecule has 0 radical (unpaired) electrons. The molecule has 13 heteroatoms. The highest BCUT2D eigenvalue weighted by Crippen LogP contribution is 2.38. The first kappa shape index (κ1) is 25.8. The molecule has 1 aliphatic rings. The molecule has 3 rings (SSSR count). The summed E-state index contributed by atoms with van der Waals surface area (Å²) < 4.78 is 80.4. The zero-order valence-corrected chi connectivity index (χ0v) is 17.8. The van der Waals surface area contributed by atoms with Crippen molar-refractivity contribution < 1.29 is 45.8 Å². The van der Waals surface area contributed by atoms with Crippen LogP contribution in [0.2, 0.25) is 0 Å². The van der Waals surface area contributed by atoms with E-state index in [2.05, 4.69) is 0 Å². The number of alkyl halides is 6. The normalized spacial score (nSPS) is 15.9. The number of nitrogens with zero attached hydrogens (tertiary/aromatic N) is 1. The van der Waals surface area contributed by atoms with E-state index in [0.29, 0.717) is 17.0 Å². The number of nitrogens with one attached hydrogen (secondary N) is 2. The minimum Gasteiger partial charge on any atom is -0.465 e. The average Bonchev–Trinajstić information content (AvgIpc) is 2.78. The first-order valence-electron chi connectivity index (χ1n) is 10.2. The third kappa shape index (κ3) is 5.17.